The van der Waals surface area contributed by atoms with Gasteiger partial charge in [-0.25, -0.2) is 13.8 Å². The average Bonchev–Trinajstić information content (AvgIpc) is 2.60. The van der Waals surface area contributed by atoms with Crippen molar-refractivity contribution in [1.82, 2.24) is 9.55 Å². The molecule has 2 rings (SSSR count). The Morgan fingerprint density at radius 3 is 2.53 bits per heavy atom. The van der Waals surface area contributed by atoms with E-state index in [9.17, 15) is 8.78 Å². The summed E-state index contributed by atoms with van der Waals surface area (Å²) < 4.78 is 28.1. The lowest BCUT2D eigenvalue weighted by Crippen LogP contribution is -2.09. The lowest BCUT2D eigenvalue weighted by atomic mass is 10.1. The summed E-state index contributed by atoms with van der Waals surface area (Å²) in [7, 11) is 0. The van der Waals surface area contributed by atoms with E-state index in [0.717, 1.165) is 24.5 Å². The van der Waals surface area contributed by atoms with Gasteiger partial charge in [-0.2, -0.15) is 0 Å². The van der Waals surface area contributed by atoms with Gasteiger partial charge in [-0.1, -0.05) is 13.8 Å². The Bertz CT molecular complexity index is 603. The van der Waals surface area contributed by atoms with E-state index < -0.39 is 11.6 Å². The van der Waals surface area contributed by atoms with E-state index in [1.54, 1.807) is 0 Å². The van der Waals surface area contributed by atoms with Crippen molar-refractivity contribution in [3.05, 3.63) is 35.7 Å². The third-order valence-electron chi connectivity index (χ3n) is 2.94. The second-order valence-electron chi connectivity index (χ2n) is 5.03. The quantitative estimate of drug-likeness (QED) is 0.924. The predicted octanol–water partition coefficient (Wildman–Crippen LogP) is 3.37. The molecule has 2 aromatic rings. The number of nitrogen functional groups attached to an aromatic ring is 1. The third kappa shape index (κ3) is 2.59. The lowest BCUT2D eigenvalue weighted by Gasteiger charge is -2.10. The number of benzene rings is 1. The van der Waals surface area contributed by atoms with Crippen molar-refractivity contribution in [2.45, 2.75) is 27.3 Å². The van der Waals surface area contributed by atoms with Crippen molar-refractivity contribution in [3.63, 3.8) is 0 Å². The zero-order valence-corrected chi connectivity index (χ0v) is 11.2. The molecule has 0 aliphatic heterocycles. The highest BCUT2D eigenvalue weighted by Crippen LogP contribution is 2.28. The van der Waals surface area contributed by atoms with Crippen LogP contribution in [0, 0.1) is 24.5 Å². The van der Waals surface area contributed by atoms with E-state index in [-0.39, 0.29) is 0 Å². The Balaban J connectivity index is 2.48. The van der Waals surface area contributed by atoms with E-state index in [1.165, 1.54) is 6.07 Å². The molecule has 0 atom stereocenters. The third-order valence-corrected chi connectivity index (χ3v) is 2.94. The van der Waals surface area contributed by atoms with E-state index in [1.807, 2.05) is 11.5 Å². The summed E-state index contributed by atoms with van der Waals surface area (Å²) in [5.74, 6) is -0.0928. The van der Waals surface area contributed by atoms with Crippen molar-refractivity contribution in [1.29, 1.82) is 0 Å². The molecular formula is C14H17F2N3. The molecule has 5 heteroatoms. The first-order valence-electron chi connectivity index (χ1n) is 6.18. The van der Waals surface area contributed by atoms with Crippen LogP contribution in [-0.4, -0.2) is 9.55 Å². The summed E-state index contributed by atoms with van der Waals surface area (Å²) in [4.78, 5) is 4.35. The average molecular weight is 265 g/mol. The van der Waals surface area contributed by atoms with Crippen LogP contribution in [0.4, 0.5) is 14.6 Å². The van der Waals surface area contributed by atoms with Gasteiger partial charge in [0.25, 0.3) is 0 Å². The van der Waals surface area contributed by atoms with Crippen LogP contribution in [0.5, 0.6) is 0 Å². The maximum Gasteiger partial charge on any atom is 0.159 e. The Hall–Kier alpha value is -1.91. The summed E-state index contributed by atoms with van der Waals surface area (Å²) in [6, 6.07) is 3.68. The van der Waals surface area contributed by atoms with Gasteiger partial charge in [0.15, 0.2) is 11.6 Å². The zero-order chi connectivity index (χ0) is 14.2. The number of imidazole rings is 1. The van der Waals surface area contributed by atoms with Crippen LogP contribution < -0.4 is 5.73 Å². The topological polar surface area (TPSA) is 43.8 Å². The molecule has 1 aromatic carbocycles. The van der Waals surface area contributed by atoms with Gasteiger partial charge in [-0.3, -0.25) is 0 Å². The maximum absolute atomic E-state index is 13.3. The van der Waals surface area contributed by atoms with Crippen molar-refractivity contribution in [3.8, 4) is 11.3 Å². The molecule has 1 aromatic heterocycles. The fourth-order valence-electron chi connectivity index (χ4n) is 2.03. The van der Waals surface area contributed by atoms with Crippen molar-refractivity contribution >= 4 is 5.82 Å². The zero-order valence-electron chi connectivity index (χ0n) is 11.2. The standard InChI is InChI=1S/C14H17F2N3/c1-8(2)7-19-9(3)18-13(14(19)17)10-4-5-11(15)12(16)6-10/h4-6,8H,7,17H2,1-3H3. The van der Waals surface area contributed by atoms with Crippen LogP contribution in [0.3, 0.4) is 0 Å². The number of anilines is 1. The molecule has 3 nitrogen and oxygen atoms in total. The Labute approximate surface area is 111 Å². The number of hydrogen-bond donors (Lipinski definition) is 1. The van der Waals surface area contributed by atoms with Crippen LogP contribution in [0.2, 0.25) is 0 Å². The summed E-state index contributed by atoms with van der Waals surface area (Å²) in [5.41, 5.74) is 7.04. The molecule has 102 valence electrons. The fourth-order valence-corrected chi connectivity index (χ4v) is 2.03. The number of rotatable bonds is 3. The second-order valence-corrected chi connectivity index (χ2v) is 5.03. The van der Waals surface area contributed by atoms with E-state index in [0.29, 0.717) is 23.0 Å². The molecule has 0 spiro atoms. The Morgan fingerprint density at radius 1 is 1.26 bits per heavy atom. The number of aromatic nitrogens is 2. The van der Waals surface area contributed by atoms with Gasteiger partial charge in [-0.05, 0) is 31.0 Å². The molecule has 1 heterocycles. The fraction of sp³-hybridized carbons (Fsp3) is 0.357. The first kappa shape index (κ1) is 13.5. The minimum Gasteiger partial charge on any atom is -0.383 e. The highest BCUT2D eigenvalue weighted by molar-refractivity contribution is 5.71. The Kier molecular flexibility index (Phi) is 3.55. The molecule has 2 N–H and O–H groups in total. The molecule has 0 saturated carbocycles. The van der Waals surface area contributed by atoms with E-state index in [2.05, 4.69) is 18.8 Å². The number of nitrogens with zero attached hydrogens (tertiary/aromatic N) is 2. The van der Waals surface area contributed by atoms with Gasteiger partial charge in [0.05, 0.1) is 0 Å². The molecule has 0 aliphatic carbocycles. The summed E-state index contributed by atoms with van der Waals surface area (Å²) >= 11 is 0. The summed E-state index contributed by atoms with van der Waals surface area (Å²) in [6.07, 6.45) is 0. The van der Waals surface area contributed by atoms with Gasteiger partial charge in [0, 0.05) is 12.1 Å². The van der Waals surface area contributed by atoms with Gasteiger partial charge >= 0.3 is 0 Å². The number of halogens is 2. The molecule has 0 radical (unpaired) electrons. The first-order valence-corrected chi connectivity index (χ1v) is 6.18. The summed E-state index contributed by atoms with van der Waals surface area (Å²) in [6.45, 7) is 6.75. The van der Waals surface area contributed by atoms with Crippen LogP contribution in [0.15, 0.2) is 18.2 Å². The smallest absolute Gasteiger partial charge is 0.159 e. The monoisotopic (exact) mass is 265 g/mol. The van der Waals surface area contributed by atoms with Crippen LogP contribution in [-0.2, 0) is 6.54 Å². The molecule has 0 aliphatic rings. The highest BCUT2D eigenvalue weighted by Gasteiger charge is 2.15. The molecule has 0 fully saturated rings. The van der Waals surface area contributed by atoms with Gasteiger partial charge in [-0.15, -0.1) is 0 Å². The molecule has 0 bridgehead atoms. The van der Waals surface area contributed by atoms with E-state index in [4.69, 9.17) is 5.73 Å². The van der Waals surface area contributed by atoms with Gasteiger partial charge < -0.3 is 10.3 Å². The molecule has 0 unspecified atom stereocenters. The minimum atomic E-state index is -0.895. The molecule has 0 amide bonds. The van der Waals surface area contributed by atoms with Crippen LogP contribution in [0.25, 0.3) is 11.3 Å². The lowest BCUT2D eigenvalue weighted by molar-refractivity contribution is 0.509. The first-order chi connectivity index (χ1) is 8.90. The largest absolute Gasteiger partial charge is 0.383 e. The minimum absolute atomic E-state index is 0.424. The number of aryl methyl sites for hydroxylation is 1. The molecular weight excluding hydrogens is 248 g/mol. The second kappa shape index (κ2) is 4.99. The van der Waals surface area contributed by atoms with Crippen molar-refractivity contribution in [2.75, 3.05) is 5.73 Å². The van der Waals surface area contributed by atoms with E-state index >= 15 is 0 Å². The molecule has 0 saturated heterocycles. The van der Waals surface area contributed by atoms with Gasteiger partial charge in [0.1, 0.15) is 17.3 Å². The number of hydrogen-bond acceptors (Lipinski definition) is 2. The van der Waals surface area contributed by atoms with Crippen LogP contribution in [0.1, 0.15) is 19.7 Å². The SMILES string of the molecule is Cc1nc(-c2ccc(F)c(F)c2)c(N)n1CC(C)C. The van der Waals surface area contributed by atoms with Crippen molar-refractivity contribution < 1.29 is 8.78 Å². The molecule has 19 heavy (non-hydrogen) atoms. The summed E-state index contributed by atoms with van der Waals surface area (Å²) in [5, 5.41) is 0. The Morgan fingerprint density at radius 2 is 1.95 bits per heavy atom. The van der Waals surface area contributed by atoms with Gasteiger partial charge in [0.2, 0.25) is 0 Å². The predicted molar refractivity (Wildman–Crippen MR) is 71.6 cm³/mol. The van der Waals surface area contributed by atoms with Crippen molar-refractivity contribution in [2.24, 2.45) is 5.92 Å². The van der Waals surface area contributed by atoms with Crippen LogP contribution >= 0.6 is 0 Å². The maximum atomic E-state index is 13.3. The highest BCUT2D eigenvalue weighted by atomic mass is 19.2. The number of nitrogens with two attached hydrogens (primary N) is 1. The normalized spacial score (nSPS) is 11.3.